The quantitative estimate of drug-likeness (QED) is 0.439. The predicted molar refractivity (Wildman–Crippen MR) is 124 cm³/mol. The molecule has 0 spiro atoms. The molecule has 2 aromatic carbocycles. The summed E-state index contributed by atoms with van der Waals surface area (Å²) in [5.74, 6) is 0.823. The lowest BCUT2D eigenvalue weighted by Gasteiger charge is -2.27. The van der Waals surface area contributed by atoms with E-state index in [2.05, 4.69) is 5.32 Å². The SMILES string of the molecule is O=C(/C=C\c1ccccc1)NCCCc1nc2ccccc2n1CC(=O)N1CCOCC1. The van der Waals surface area contributed by atoms with Gasteiger partial charge in [-0.25, -0.2) is 4.98 Å². The van der Waals surface area contributed by atoms with Gasteiger partial charge in [0.05, 0.1) is 24.2 Å². The number of hydrogen-bond donors (Lipinski definition) is 1. The summed E-state index contributed by atoms with van der Waals surface area (Å²) in [5.41, 5.74) is 2.83. The number of amides is 2. The third-order valence-electron chi connectivity index (χ3n) is 5.49. The second-order valence-corrected chi connectivity index (χ2v) is 7.73. The van der Waals surface area contributed by atoms with E-state index in [-0.39, 0.29) is 18.4 Å². The van der Waals surface area contributed by atoms with Crippen LogP contribution in [0.4, 0.5) is 0 Å². The normalized spacial score (nSPS) is 14.2. The minimum Gasteiger partial charge on any atom is -0.378 e. The van der Waals surface area contributed by atoms with Gasteiger partial charge in [0, 0.05) is 32.1 Å². The number of aromatic nitrogens is 2. The summed E-state index contributed by atoms with van der Waals surface area (Å²) in [6.07, 6.45) is 4.76. The minimum atomic E-state index is -0.121. The number of morpholine rings is 1. The largest absolute Gasteiger partial charge is 0.378 e. The number of nitrogens with one attached hydrogen (secondary N) is 1. The van der Waals surface area contributed by atoms with Crippen molar-refractivity contribution >= 4 is 28.9 Å². The van der Waals surface area contributed by atoms with Crippen LogP contribution in [0.5, 0.6) is 0 Å². The van der Waals surface area contributed by atoms with Crippen molar-refractivity contribution in [3.05, 3.63) is 72.1 Å². The zero-order chi connectivity index (χ0) is 22.2. The molecule has 0 unspecified atom stereocenters. The average molecular weight is 433 g/mol. The van der Waals surface area contributed by atoms with E-state index in [1.807, 2.05) is 64.1 Å². The number of fused-ring (bicyclic) bond motifs is 1. The number of aryl methyl sites for hydroxylation is 1. The van der Waals surface area contributed by atoms with Crippen molar-refractivity contribution in [3.63, 3.8) is 0 Å². The number of nitrogens with zero attached hydrogens (tertiary/aromatic N) is 3. The molecule has 0 radical (unpaired) electrons. The summed E-state index contributed by atoms with van der Waals surface area (Å²) < 4.78 is 7.36. The first-order valence-corrected chi connectivity index (χ1v) is 11.0. The van der Waals surface area contributed by atoms with E-state index in [0.29, 0.717) is 39.3 Å². The number of hydrogen-bond acceptors (Lipinski definition) is 4. The van der Waals surface area contributed by atoms with Gasteiger partial charge in [0.1, 0.15) is 12.4 Å². The highest BCUT2D eigenvalue weighted by Gasteiger charge is 2.20. The van der Waals surface area contributed by atoms with Crippen LogP contribution >= 0.6 is 0 Å². The van der Waals surface area contributed by atoms with Crippen LogP contribution in [0.25, 0.3) is 17.1 Å². The lowest BCUT2D eigenvalue weighted by Crippen LogP contribution is -2.42. The molecule has 7 nitrogen and oxygen atoms in total. The Kier molecular flexibility index (Phi) is 7.30. The van der Waals surface area contributed by atoms with Gasteiger partial charge in [0.15, 0.2) is 0 Å². The standard InChI is InChI=1S/C25H28N4O3/c30-24(13-12-20-7-2-1-3-8-20)26-14-6-11-23-27-21-9-4-5-10-22(21)29(23)19-25(31)28-15-17-32-18-16-28/h1-5,7-10,12-13H,6,11,14-19H2,(H,26,30)/b13-12-. The Balaban J connectivity index is 1.35. The van der Waals surface area contributed by atoms with Crippen LogP contribution in [0.1, 0.15) is 17.8 Å². The van der Waals surface area contributed by atoms with Crippen molar-refractivity contribution in [1.29, 1.82) is 0 Å². The van der Waals surface area contributed by atoms with Crippen LogP contribution in [0, 0.1) is 0 Å². The molecular formula is C25H28N4O3. The molecule has 0 aliphatic carbocycles. The highest BCUT2D eigenvalue weighted by Crippen LogP contribution is 2.18. The first-order chi connectivity index (χ1) is 15.7. The van der Waals surface area contributed by atoms with E-state index in [9.17, 15) is 9.59 Å². The van der Waals surface area contributed by atoms with Crippen LogP contribution in [-0.4, -0.2) is 59.1 Å². The second-order valence-electron chi connectivity index (χ2n) is 7.73. The maximum absolute atomic E-state index is 12.8. The molecule has 32 heavy (non-hydrogen) atoms. The van der Waals surface area contributed by atoms with Crippen molar-refractivity contribution < 1.29 is 14.3 Å². The molecule has 4 rings (SSSR count). The van der Waals surface area contributed by atoms with Gasteiger partial charge in [-0.3, -0.25) is 9.59 Å². The number of ether oxygens (including phenoxy) is 1. The number of benzene rings is 2. The molecule has 1 aliphatic rings. The molecule has 1 aromatic heterocycles. The Bertz CT molecular complexity index is 1090. The van der Waals surface area contributed by atoms with Crippen LogP contribution < -0.4 is 5.32 Å². The van der Waals surface area contributed by atoms with Crippen LogP contribution in [0.2, 0.25) is 0 Å². The Hall–Kier alpha value is -3.45. The monoisotopic (exact) mass is 432 g/mol. The van der Waals surface area contributed by atoms with Gasteiger partial charge in [-0.2, -0.15) is 0 Å². The molecule has 0 bridgehead atoms. The topological polar surface area (TPSA) is 76.5 Å². The maximum atomic E-state index is 12.8. The van der Waals surface area contributed by atoms with Gasteiger partial charge in [-0.1, -0.05) is 42.5 Å². The predicted octanol–water partition coefficient (Wildman–Crippen LogP) is 2.66. The summed E-state index contributed by atoms with van der Waals surface area (Å²) in [7, 11) is 0. The van der Waals surface area contributed by atoms with Crippen molar-refractivity contribution in [2.45, 2.75) is 19.4 Å². The smallest absolute Gasteiger partial charge is 0.243 e. The van der Waals surface area contributed by atoms with Crippen molar-refractivity contribution in [3.8, 4) is 0 Å². The minimum absolute atomic E-state index is 0.0806. The highest BCUT2D eigenvalue weighted by atomic mass is 16.5. The second kappa shape index (κ2) is 10.7. The lowest BCUT2D eigenvalue weighted by atomic mass is 10.2. The fourth-order valence-corrected chi connectivity index (χ4v) is 3.79. The Morgan fingerprint density at radius 1 is 1.03 bits per heavy atom. The van der Waals surface area contributed by atoms with Crippen molar-refractivity contribution in [2.24, 2.45) is 0 Å². The van der Waals surface area contributed by atoms with E-state index in [4.69, 9.17) is 9.72 Å². The van der Waals surface area contributed by atoms with Crippen molar-refractivity contribution in [1.82, 2.24) is 19.8 Å². The van der Waals surface area contributed by atoms with Gasteiger partial charge >= 0.3 is 0 Å². The number of carbonyl (C=O) groups is 2. The van der Waals surface area contributed by atoms with Gasteiger partial charge in [-0.15, -0.1) is 0 Å². The van der Waals surface area contributed by atoms with Gasteiger partial charge in [0.2, 0.25) is 11.8 Å². The van der Waals surface area contributed by atoms with Crippen LogP contribution in [-0.2, 0) is 27.3 Å². The molecule has 0 atom stereocenters. The lowest BCUT2D eigenvalue weighted by molar-refractivity contribution is -0.135. The molecule has 0 saturated carbocycles. The maximum Gasteiger partial charge on any atom is 0.243 e. The summed E-state index contributed by atoms with van der Waals surface area (Å²) in [4.78, 5) is 31.5. The van der Waals surface area contributed by atoms with E-state index in [1.165, 1.54) is 0 Å². The van der Waals surface area contributed by atoms with Gasteiger partial charge in [0.25, 0.3) is 0 Å². The molecule has 1 fully saturated rings. The number of para-hydroxylation sites is 2. The highest BCUT2D eigenvalue weighted by molar-refractivity contribution is 5.91. The Morgan fingerprint density at radius 2 is 1.78 bits per heavy atom. The Morgan fingerprint density at radius 3 is 2.59 bits per heavy atom. The van der Waals surface area contributed by atoms with Gasteiger partial charge < -0.3 is 19.5 Å². The van der Waals surface area contributed by atoms with E-state index in [0.717, 1.165) is 28.8 Å². The molecular weight excluding hydrogens is 404 g/mol. The molecule has 166 valence electrons. The molecule has 1 N–H and O–H groups in total. The fraction of sp³-hybridized carbons (Fsp3) is 0.320. The summed E-state index contributed by atoms with van der Waals surface area (Å²) in [6.45, 7) is 3.23. The third kappa shape index (κ3) is 5.62. The van der Waals surface area contributed by atoms with E-state index in [1.54, 1.807) is 12.2 Å². The molecule has 1 aliphatic heterocycles. The van der Waals surface area contributed by atoms with E-state index >= 15 is 0 Å². The molecule has 7 heteroatoms. The zero-order valence-corrected chi connectivity index (χ0v) is 18.1. The first kappa shape index (κ1) is 21.8. The number of imidazole rings is 1. The Labute approximate surface area is 187 Å². The van der Waals surface area contributed by atoms with E-state index < -0.39 is 0 Å². The summed E-state index contributed by atoms with van der Waals surface area (Å²) in [5, 5.41) is 2.92. The first-order valence-electron chi connectivity index (χ1n) is 11.0. The van der Waals surface area contributed by atoms with Crippen molar-refractivity contribution in [2.75, 3.05) is 32.8 Å². The zero-order valence-electron chi connectivity index (χ0n) is 18.1. The van der Waals surface area contributed by atoms with Crippen LogP contribution in [0.15, 0.2) is 60.7 Å². The molecule has 1 saturated heterocycles. The number of rotatable bonds is 8. The molecule has 3 aromatic rings. The van der Waals surface area contributed by atoms with Crippen LogP contribution in [0.3, 0.4) is 0 Å². The molecule has 2 amide bonds. The number of carbonyl (C=O) groups excluding carboxylic acids is 2. The molecule has 2 heterocycles. The third-order valence-corrected chi connectivity index (χ3v) is 5.49. The summed E-state index contributed by atoms with van der Waals surface area (Å²) in [6, 6.07) is 17.6. The van der Waals surface area contributed by atoms with Gasteiger partial charge in [-0.05, 0) is 30.2 Å². The average Bonchev–Trinajstić information content (AvgIpc) is 3.19. The fourth-order valence-electron chi connectivity index (χ4n) is 3.79. The summed E-state index contributed by atoms with van der Waals surface area (Å²) >= 11 is 0.